The van der Waals surface area contributed by atoms with Crippen LogP contribution in [0.25, 0.3) is 21.9 Å². The van der Waals surface area contributed by atoms with E-state index in [1.807, 2.05) is 54.8 Å². The summed E-state index contributed by atoms with van der Waals surface area (Å²) in [5, 5.41) is 6.56. The van der Waals surface area contributed by atoms with Gasteiger partial charge < -0.3 is 29.4 Å². The fourth-order valence-electron chi connectivity index (χ4n) is 5.50. The van der Waals surface area contributed by atoms with Gasteiger partial charge in [0.05, 0.1) is 48.5 Å². The molecule has 0 radical (unpaired) electrons. The molecular weight excluding hydrogens is 577 g/mol. The molecule has 1 fully saturated rings. The molecule has 1 amide bonds. The summed E-state index contributed by atoms with van der Waals surface area (Å²) in [5.41, 5.74) is 4.17. The van der Waals surface area contributed by atoms with Crippen molar-refractivity contribution in [2.45, 2.75) is 25.8 Å². The van der Waals surface area contributed by atoms with E-state index in [2.05, 4.69) is 25.6 Å². The number of benzene rings is 3. The number of aryl methyl sites for hydroxylation is 2. The molecule has 0 spiro atoms. The highest BCUT2D eigenvalue weighted by molar-refractivity contribution is 6.05. The van der Waals surface area contributed by atoms with Gasteiger partial charge >= 0.3 is 0 Å². The Kier molecular flexibility index (Phi) is 8.22. The maximum atomic E-state index is 14.9. The van der Waals surface area contributed by atoms with Gasteiger partial charge in [0, 0.05) is 36.7 Å². The van der Waals surface area contributed by atoms with Gasteiger partial charge in [-0.25, -0.2) is 19.3 Å². The number of nitrogens with zero attached hydrogens (tertiary/aromatic N) is 5. The number of likely N-dealkylation sites (N-methyl/N-ethyl adjacent to an activating group) is 1. The van der Waals surface area contributed by atoms with Crippen LogP contribution >= 0.6 is 0 Å². The lowest BCUT2D eigenvalue weighted by molar-refractivity contribution is -0.114. The Labute approximate surface area is 259 Å². The van der Waals surface area contributed by atoms with Gasteiger partial charge in [0.2, 0.25) is 0 Å². The average molecular weight is 612 g/mol. The Bertz CT molecular complexity index is 1940. The SMILES string of the molecule is COc1cc2ncnc(Nc3cc(C)c(Oc4ccc5c(c4)ncn5C)cc3OC)c2cc1NC(=O)/C(F)=C/[C@H]1CCCN1C. The van der Waals surface area contributed by atoms with Crippen molar-refractivity contribution in [1.82, 2.24) is 24.4 Å². The minimum atomic E-state index is -0.852. The van der Waals surface area contributed by atoms with Crippen molar-refractivity contribution in [3.63, 3.8) is 0 Å². The Balaban J connectivity index is 1.28. The summed E-state index contributed by atoms with van der Waals surface area (Å²) < 4.78 is 34.3. The molecule has 6 rings (SSSR count). The topological polar surface area (TPSA) is 116 Å². The quantitative estimate of drug-likeness (QED) is 0.186. The van der Waals surface area contributed by atoms with Gasteiger partial charge in [-0.15, -0.1) is 0 Å². The number of fused-ring (bicyclic) bond motifs is 2. The van der Waals surface area contributed by atoms with E-state index in [4.69, 9.17) is 14.2 Å². The Morgan fingerprint density at radius 2 is 1.78 bits per heavy atom. The molecule has 1 saturated heterocycles. The molecule has 11 nitrogen and oxygen atoms in total. The number of amides is 1. The molecule has 1 aliphatic heterocycles. The molecular formula is C33H34FN7O4. The summed E-state index contributed by atoms with van der Waals surface area (Å²) >= 11 is 0. The minimum absolute atomic E-state index is 0.113. The van der Waals surface area contributed by atoms with Crippen LogP contribution < -0.4 is 24.8 Å². The Morgan fingerprint density at radius 3 is 2.53 bits per heavy atom. The predicted molar refractivity (Wildman–Crippen MR) is 171 cm³/mol. The normalized spacial score (nSPS) is 15.4. The summed E-state index contributed by atoms with van der Waals surface area (Å²) in [6, 6.07) is 12.7. The summed E-state index contributed by atoms with van der Waals surface area (Å²) in [6.07, 6.45) is 6.32. The number of hydrogen-bond donors (Lipinski definition) is 2. The first-order valence-electron chi connectivity index (χ1n) is 14.5. The lowest BCUT2D eigenvalue weighted by Gasteiger charge is -2.17. The summed E-state index contributed by atoms with van der Waals surface area (Å²) in [5.74, 6) is 0.884. The first kappa shape index (κ1) is 29.8. The zero-order valence-corrected chi connectivity index (χ0v) is 25.7. The van der Waals surface area contributed by atoms with Crippen LogP contribution in [0.3, 0.4) is 0 Å². The van der Waals surface area contributed by atoms with Crippen LogP contribution in [0.4, 0.5) is 21.6 Å². The van der Waals surface area contributed by atoms with Crippen molar-refractivity contribution in [2.24, 2.45) is 7.05 Å². The molecule has 1 aliphatic rings. The van der Waals surface area contributed by atoms with Crippen LogP contribution in [0, 0.1) is 6.92 Å². The van der Waals surface area contributed by atoms with E-state index >= 15 is 0 Å². The highest BCUT2D eigenvalue weighted by Crippen LogP contribution is 2.39. The van der Waals surface area contributed by atoms with Crippen LogP contribution in [0.5, 0.6) is 23.0 Å². The number of rotatable bonds is 9. The third-order valence-electron chi connectivity index (χ3n) is 8.01. The molecule has 12 heteroatoms. The number of aromatic nitrogens is 4. The molecule has 5 aromatic rings. The number of carbonyl (C=O) groups excluding carboxylic acids is 1. The van der Waals surface area contributed by atoms with Gasteiger partial charge in [-0.05, 0) is 69.3 Å². The molecule has 45 heavy (non-hydrogen) atoms. The summed E-state index contributed by atoms with van der Waals surface area (Å²) in [7, 11) is 6.91. The number of ether oxygens (including phenoxy) is 3. The highest BCUT2D eigenvalue weighted by atomic mass is 19.1. The first-order valence-corrected chi connectivity index (χ1v) is 14.5. The third-order valence-corrected chi connectivity index (χ3v) is 8.01. The van der Waals surface area contributed by atoms with Crippen LogP contribution in [0.1, 0.15) is 18.4 Å². The molecule has 1 atom stereocenters. The van der Waals surface area contributed by atoms with E-state index in [9.17, 15) is 9.18 Å². The second-order valence-electron chi connectivity index (χ2n) is 11.0. The summed E-state index contributed by atoms with van der Waals surface area (Å²) in [4.78, 5) is 28.1. The number of nitrogens with one attached hydrogen (secondary N) is 2. The minimum Gasteiger partial charge on any atom is -0.494 e. The van der Waals surface area contributed by atoms with Gasteiger partial charge in [0.1, 0.15) is 35.1 Å². The van der Waals surface area contributed by atoms with Crippen molar-refractivity contribution >= 4 is 45.0 Å². The van der Waals surface area contributed by atoms with Gasteiger partial charge in [0.15, 0.2) is 5.83 Å². The lowest BCUT2D eigenvalue weighted by Crippen LogP contribution is -2.24. The number of hydrogen-bond acceptors (Lipinski definition) is 9. The molecule has 2 N–H and O–H groups in total. The van der Waals surface area contributed by atoms with Gasteiger partial charge in [-0.2, -0.15) is 0 Å². The fourth-order valence-corrected chi connectivity index (χ4v) is 5.50. The zero-order chi connectivity index (χ0) is 31.7. The number of imidazole rings is 1. The van der Waals surface area contributed by atoms with E-state index in [0.717, 1.165) is 36.0 Å². The lowest BCUT2D eigenvalue weighted by atomic mass is 10.1. The van der Waals surface area contributed by atoms with Crippen LogP contribution in [0.15, 0.2) is 67.0 Å². The second-order valence-corrected chi connectivity index (χ2v) is 11.0. The second kappa shape index (κ2) is 12.4. The molecule has 0 aliphatic carbocycles. The maximum Gasteiger partial charge on any atom is 0.284 e. The van der Waals surface area contributed by atoms with Crippen LogP contribution in [-0.2, 0) is 11.8 Å². The van der Waals surface area contributed by atoms with Crippen molar-refractivity contribution in [1.29, 1.82) is 0 Å². The van der Waals surface area contributed by atoms with E-state index in [1.54, 1.807) is 31.6 Å². The zero-order valence-electron chi connectivity index (χ0n) is 25.7. The summed E-state index contributed by atoms with van der Waals surface area (Å²) in [6.45, 7) is 2.80. The van der Waals surface area contributed by atoms with Crippen LogP contribution in [-0.4, -0.2) is 64.2 Å². The molecule has 3 aromatic carbocycles. The molecule has 0 unspecified atom stereocenters. The van der Waals surface area contributed by atoms with Crippen LogP contribution in [0.2, 0.25) is 0 Å². The monoisotopic (exact) mass is 611 g/mol. The Hall–Kier alpha value is -5.23. The first-order chi connectivity index (χ1) is 21.7. The maximum absolute atomic E-state index is 14.9. The number of likely N-dealkylation sites (tertiary alicyclic amines) is 1. The van der Waals surface area contributed by atoms with Gasteiger partial charge in [0.25, 0.3) is 5.91 Å². The average Bonchev–Trinajstić information content (AvgIpc) is 3.62. The molecule has 3 heterocycles. The number of halogens is 1. The van der Waals surface area contributed by atoms with Gasteiger partial charge in [-0.1, -0.05) is 0 Å². The Morgan fingerprint density at radius 1 is 0.978 bits per heavy atom. The van der Waals surface area contributed by atoms with Crippen molar-refractivity contribution in [2.75, 3.05) is 38.4 Å². The highest BCUT2D eigenvalue weighted by Gasteiger charge is 2.22. The number of anilines is 3. The van der Waals surface area contributed by atoms with Crippen molar-refractivity contribution in [3.8, 4) is 23.0 Å². The van der Waals surface area contributed by atoms with E-state index in [-0.39, 0.29) is 11.7 Å². The standard InChI is InChI=1S/C33H34FN7O4/c1-19-11-26(31(44-5)16-29(19)45-21-8-9-28-25(13-21)37-18-41(28)3)38-32-22-14-27(30(43-4)15-24(22)35-17-36-32)39-33(42)23(34)12-20-7-6-10-40(20)2/h8-9,11-18,20H,6-7,10H2,1-5H3,(H,39,42)(H,35,36,38)/b23-12-/t20-/m1/s1. The molecule has 0 bridgehead atoms. The number of carbonyl (C=O) groups is 1. The van der Waals surface area contributed by atoms with E-state index in [1.165, 1.54) is 19.5 Å². The third kappa shape index (κ3) is 6.09. The predicted octanol–water partition coefficient (Wildman–Crippen LogP) is 6.26. The molecule has 232 valence electrons. The largest absolute Gasteiger partial charge is 0.494 e. The van der Waals surface area contributed by atoms with E-state index in [0.29, 0.717) is 45.4 Å². The fraction of sp³-hybridized carbons (Fsp3) is 0.273. The molecule has 0 saturated carbocycles. The van der Waals surface area contributed by atoms with Gasteiger partial charge in [-0.3, -0.25) is 9.69 Å². The molecule has 2 aromatic heterocycles. The van der Waals surface area contributed by atoms with Crippen molar-refractivity contribution < 1.29 is 23.4 Å². The number of methoxy groups -OCH3 is 2. The van der Waals surface area contributed by atoms with Crippen molar-refractivity contribution in [3.05, 3.63) is 72.6 Å². The van der Waals surface area contributed by atoms with E-state index < -0.39 is 11.7 Å². The smallest absolute Gasteiger partial charge is 0.284 e.